The Hall–Kier alpha value is -4.89. The van der Waals surface area contributed by atoms with E-state index in [0.29, 0.717) is 0 Å². The first-order chi connectivity index (χ1) is 22.1. The molecule has 4 N–H and O–H groups in total. The molecule has 1 aromatic carbocycles. The van der Waals surface area contributed by atoms with Crippen LogP contribution in [-0.4, -0.2) is 93.0 Å². The summed E-state index contributed by atoms with van der Waals surface area (Å²) in [6.45, 7) is 6.31. The summed E-state index contributed by atoms with van der Waals surface area (Å²) < 4.78 is 24.5. The number of rotatable bonds is 17. The van der Waals surface area contributed by atoms with E-state index in [1.165, 1.54) is 6.92 Å². The molecule has 262 valence electrons. The predicted octanol–water partition coefficient (Wildman–Crippen LogP) is 1.63. The van der Waals surface area contributed by atoms with Gasteiger partial charge in [-0.1, -0.05) is 30.3 Å². The molecule has 0 spiro atoms. The molecule has 16 nitrogen and oxygen atoms in total. The van der Waals surface area contributed by atoms with Gasteiger partial charge in [0, 0.05) is 6.42 Å². The van der Waals surface area contributed by atoms with Gasteiger partial charge in [0.1, 0.15) is 36.4 Å². The maximum atomic E-state index is 13.1. The van der Waals surface area contributed by atoms with Crippen LogP contribution < -0.4 is 21.3 Å². The number of carbonyl (C=O) groups is 7. The molecule has 0 aliphatic rings. The van der Waals surface area contributed by atoms with Crippen LogP contribution in [0.2, 0.25) is 0 Å². The van der Waals surface area contributed by atoms with Crippen LogP contribution in [0.1, 0.15) is 65.4 Å². The Labute approximate surface area is 273 Å². The molecule has 0 aromatic heterocycles. The van der Waals surface area contributed by atoms with E-state index in [-0.39, 0.29) is 38.7 Å². The van der Waals surface area contributed by atoms with Crippen molar-refractivity contribution in [2.45, 2.75) is 96.2 Å². The molecule has 0 bridgehead atoms. The largest absolute Gasteiger partial charge is 0.467 e. The van der Waals surface area contributed by atoms with Gasteiger partial charge in [-0.3, -0.25) is 9.59 Å². The lowest BCUT2D eigenvalue weighted by Crippen LogP contribution is -2.51. The third-order valence-electron chi connectivity index (χ3n) is 6.38. The summed E-state index contributed by atoms with van der Waals surface area (Å²) in [6, 6.07) is 4.26. The molecule has 1 rings (SSSR count). The summed E-state index contributed by atoms with van der Waals surface area (Å²) in [5.41, 5.74) is -0.0969. The predicted molar refractivity (Wildman–Crippen MR) is 165 cm³/mol. The van der Waals surface area contributed by atoms with Gasteiger partial charge in [0.05, 0.1) is 21.3 Å². The van der Waals surface area contributed by atoms with E-state index < -0.39 is 71.7 Å². The fraction of sp³-hybridized carbons (Fsp3) is 0.581. The van der Waals surface area contributed by atoms with Crippen molar-refractivity contribution in [2.24, 2.45) is 0 Å². The molecule has 4 amide bonds. The molecule has 47 heavy (non-hydrogen) atoms. The Morgan fingerprint density at radius 2 is 1.21 bits per heavy atom. The number of hydrogen-bond acceptors (Lipinski definition) is 12. The van der Waals surface area contributed by atoms with Crippen LogP contribution >= 0.6 is 0 Å². The normalized spacial score (nSPS) is 13.3. The fourth-order valence-electron chi connectivity index (χ4n) is 4.03. The second-order valence-corrected chi connectivity index (χ2v) is 11.3. The highest BCUT2D eigenvalue weighted by Gasteiger charge is 2.29. The van der Waals surface area contributed by atoms with E-state index in [2.05, 4.69) is 26.0 Å². The van der Waals surface area contributed by atoms with Crippen LogP contribution in [0.15, 0.2) is 30.3 Å². The minimum atomic E-state index is -1.24. The number of methoxy groups -OCH3 is 3. The number of carbonyl (C=O) groups excluding carboxylic acids is 7. The number of nitrogens with one attached hydrogen (secondary N) is 4. The molecule has 16 heteroatoms. The van der Waals surface area contributed by atoms with E-state index in [1.54, 1.807) is 51.1 Å². The molecule has 0 aliphatic carbocycles. The van der Waals surface area contributed by atoms with Gasteiger partial charge in [-0.05, 0) is 58.9 Å². The number of hydrogen-bond donors (Lipinski definition) is 4. The van der Waals surface area contributed by atoms with E-state index in [0.717, 1.165) is 26.9 Å². The van der Waals surface area contributed by atoms with E-state index in [9.17, 15) is 33.6 Å². The molecule has 0 saturated carbocycles. The zero-order valence-electron chi connectivity index (χ0n) is 27.8. The molecular formula is C31H46N4O12. The Morgan fingerprint density at radius 1 is 0.681 bits per heavy atom. The lowest BCUT2D eigenvalue weighted by Gasteiger charge is -2.24. The monoisotopic (exact) mass is 666 g/mol. The van der Waals surface area contributed by atoms with Crippen molar-refractivity contribution in [3.63, 3.8) is 0 Å². The van der Waals surface area contributed by atoms with Crippen molar-refractivity contribution in [2.75, 3.05) is 21.3 Å². The van der Waals surface area contributed by atoms with Gasteiger partial charge >= 0.3 is 30.1 Å². The SMILES string of the molecule is COC(=O)[C@@H](C)NC(=O)[C@H](CCC[C@@H](NC(=O)OC(C)(C)C)C(=O)OC)NC(=O)CC[C@@H](NC(=O)OCc1ccccc1)C(=O)OC. The van der Waals surface area contributed by atoms with E-state index in [1.807, 2.05) is 0 Å². The average molecular weight is 667 g/mol. The lowest BCUT2D eigenvalue weighted by molar-refractivity contribution is -0.145. The van der Waals surface area contributed by atoms with E-state index in [4.69, 9.17) is 18.9 Å². The van der Waals surface area contributed by atoms with Crippen LogP contribution in [0, 0.1) is 0 Å². The average Bonchev–Trinajstić information content (AvgIpc) is 3.02. The minimum absolute atomic E-state index is 0.0115. The molecule has 1 aromatic rings. The number of esters is 3. The topological polar surface area (TPSA) is 214 Å². The van der Waals surface area contributed by atoms with Crippen molar-refractivity contribution in [3.8, 4) is 0 Å². The third kappa shape index (κ3) is 16.3. The first-order valence-electron chi connectivity index (χ1n) is 14.9. The zero-order chi connectivity index (χ0) is 35.6. The molecule has 0 aliphatic heterocycles. The van der Waals surface area contributed by atoms with Gasteiger partial charge in [-0.15, -0.1) is 0 Å². The Morgan fingerprint density at radius 3 is 1.77 bits per heavy atom. The van der Waals surface area contributed by atoms with Crippen molar-refractivity contribution >= 4 is 41.9 Å². The molecule has 0 fully saturated rings. The van der Waals surface area contributed by atoms with Gasteiger partial charge < -0.3 is 45.0 Å². The highest BCUT2D eigenvalue weighted by Crippen LogP contribution is 2.11. The fourth-order valence-corrected chi connectivity index (χ4v) is 4.03. The summed E-state index contributed by atoms with van der Waals surface area (Å²) >= 11 is 0. The smallest absolute Gasteiger partial charge is 0.408 e. The van der Waals surface area contributed by atoms with Gasteiger partial charge in [-0.2, -0.15) is 0 Å². The van der Waals surface area contributed by atoms with Crippen LogP contribution in [-0.2, 0) is 54.3 Å². The standard InChI is InChI=1S/C31H46N4O12/c1-19(26(38)43-5)32-25(37)21(14-11-15-22(27(39)44-6)35-30(42)47-31(2,3)4)33-24(36)17-16-23(28(40)45-7)34-29(41)46-18-20-12-9-8-10-13-20/h8-10,12-13,19,21-23H,11,14-18H2,1-7H3,(H,32,37)(H,33,36)(H,34,41)(H,35,42)/t19-,21+,22-,23-/m1/s1. The summed E-state index contributed by atoms with van der Waals surface area (Å²) in [7, 11) is 3.42. The first-order valence-corrected chi connectivity index (χ1v) is 14.9. The number of ether oxygens (including phenoxy) is 5. The zero-order valence-corrected chi connectivity index (χ0v) is 27.8. The Kier molecular flexibility index (Phi) is 17.3. The Bertz CT molecular complexity index is 1220. The maximum absolute atomic E-state index is 13.1. The summed E-state index contributed by atoms with van der Waals surface area (Å²) in [5, 5.41) is 9.81. The second kappa shape index (κ2) is 20.3. The van der Waals surface area contributed by atoms with E-state index >= 15 is 0 Å². The van der Waals surface area contributed by atoms with Crippen LogP contribution in [0.5, 0.6) is 0 Å². The van der Waals surface area contributed by atoms with Crippen LogP contribution in [0.4, 0.5) is 9.59 Å². The van der Waals surface area contributed by atoms with Crippen LogP contribution in [0.3, 0.4) is 0 Å². The van der Waals surface area contributed by atoms with Crippen molar-refractivity contribution in [1.29, 1.82) is 0 Å². The van der Waals surface area contributed by atoms with Gasteiger partial charge in [-0.25, -0.2) is 24.0 Å². The quantitative estimate of drug-likeness (QED) is 0.138. The second-order valence-electron chi connectivity index (χ2n) is 11.3. The maximum Gasteiger partial charge on any atom is 0.408 e. The van der Waals surface area contributed by atoms with Crippen molar-refractivity contribution in [3.05, 3.63) is 35.9 Å². The molecule has 0 heterocycles. The van der Waals surface area contributed by atoms with Crippen LogP contribution in [0.25, 0.3) is 0 Å². The van der Waals surface area contributed by atoms with Gasteiger partial charge in [0.15, 0.2) is 0 Å². The molecule has 0 radical (unpaired) electrons. The Balaban J connectivity index is 2.92. The number of alkyl carbamates (subject to hydrolysis) is 2. The molecular weight excluding hydrogens is 620 g/mol. The van der Waals surface area contributed by atoms with Gasteiger partial charge in [0.25, 0.3) is 0 Å². The lowest BCUT2D eigenvalue weighted by atomic mass is 10.0. The molecule has 4 atom stereocenters. The summed E-state index contributed by atoms with van der Waals surface area (Å²) in [6.07, 6.45) is -2.16. The summed E-state index contributed by atoms with van der Waals surface area (Å²) in [5.74, 6) is -3.67. The highest BCUT2D eigenvalue weighted by molar-refractivity contribution is 5.91. The summed E-state index contributed by atoms with van der Waals surface area (Å²) in [4.78, 5) is 87.1. The third-order valence-corrected chi connectivity index (χ3v) is 6.38. The van der Waals surface area contributed by atoms with Crippen molar-refractivity contribution < 1.29 is 57.2 Å². The molecule has 0 saturated heterocycles. The first kappa shape index (κ1) is 40.1. The highest BCUT2D eigenvalue weighted by atomic mass is 16.6. The number of benzene rings is 1. The molecule has 0 unspecified atom stereocenters. The number of amides is 4. The van der Waals surface area contributed by atoms with Gasteiger partial charge in [0.2, 0.25) is 11.8 Å². The van der Waals surface area contributed by atoms with Crippen molar-refractivity contribution in [1.82, 2.24) is 21.3 Å². The minimum Gasteiger partial charge on any atom is -0.467 e.